The van der Waals surface area contributed by atoms with Gasteiger partial charge in [-0.15, -0.1) is 0 Å². The van der Waals surface area contributed by atoms with Crippen LogP contribution in [0.25, 0.3) is 0 Å². The molecule has 16 rings (SSSR count). The molecule has 8 aliphatic rings. The summed E-state index contributed by atoms with van der Waals surface area (Å²) >= 11 is 5.85. The van der Waals surface area contributed by atoms with Gasteiger partial charge in [0.1, 0.15) is 83.2 Å². The molecule has 8 aromatic rings. The lowest BCUT2D eigenvalue weighted by Gasteiger charge is -2.41. The van der Waals surface area contributed by atoms with Crippen molar-refractivity contribution in [3.8, 4) is 17.2 Å². The normalized spacial score (nSPS) is 24.5. The summed E-state index contributed by atoms with van der Waals surface area (Å²) in [6.07, 6.45) is 12.2. The number of pyridine rings is 4. The lowest BCUT2D eigenvalue weighted by molar-refractivity contribution is -0.0501. The number of aliphatic imine (C=N–C) groups is 4. The number of carbonyl (C=O) groups is 4. The van der Waals surface area contributed by atoms with Crippen molar-refractivity contribution < 1.29 is 75.8 Å². The molecule has 8 N–H and O–H groups in total. The smallest absolute Gasteiger partial charge is 0.387 e. The molecule has 5 aliphatic heterocycles. The van der Waals surface area contributed by atoms with E-state index in [1.807, 2.05) is 87.5 Å². The van der Waals surface area contributed by atoms with E-state index in [4.69, 9.17) is 44.0 Å². The van der Waals surface area contributed by atoms with Gasteiger partial charge in [0.25, 0.3) is 0 Å². The van der Waals surface area contributed by atoms with Crippen molar-refractivity contribution in [2.24, 2.45) is 42.9 Å². The zero-order valence-electron chi connectivity index (χ0n) is 69.9. The monoisotopic (exact) mass is 1790 g/mol. The Morgan fingerprint density at radius 1 is 0.444 bits per heavy atom. The number of rotatable bonds is 15. The maximum atomic E-state index is 13.1. The van der Waals surface area contributed by atoms with Crippen LogP contribution in [0.3, 0.4) is 0 Å². The molecule has 0 radical (unpaired) electrons. The molecule has 0 fully saturated rings. The second kappa shape index (κ2) is 35.0. The van der Waals surface area contributed by atoms with Crippen LogP contribution in [0.4, 0.5) is 8.78 Å². The number of alkyl halides is 2. The van der Waals surface area contributed by atoms with Crippen molar-refractivity contribution in [3.63, 3.8) is 0 Å². The predicted molar refractivity (Wildman–Crippen MR) is 464 cm³/mol. The Kier molecular flexibility index (Phi) is 25.5. The van der Waals surface area contributed by atoms with E-state index in [1.165, 1.54) is 52.7 Å². The van der Waals surface area contributed by atoms with Crippen molar-refractivity contribution in [2.75, 3.05) is 41.9 Å². The molecule has 8 atom stereocenters. The van der Waals surface area contributed by atoms with E-state index < -0.39 is 89.9 Å². The van der Waals surface area contributed by atoms with Crippen molar-refractivity contribution in [3.05, 3.63) is 241 Å². The minimum absolute atomic E-state index is 0.00191. The van der Waals surface area contributed by atoms with Crippen LogP contribution < -0.4 is 37.1 Å². The number of hydrogen-bond donors (Lipinski definition) is 4. The van der Waals surface area contributed by atoms with Crippen LogP contribution in [0.2, 0.25) is 5.02 Å². The second-order valence-electron chi connectivity index (χ2n) is 32.4. The molecule has 0 amide bonds. The van der Waals surface area contributed by atoms with Crippen molar-refractivity contribution in [2.45, 2.75) is 174 Å². The van der Waals surface area contributed by atoms with E-state index in [0.29, 0.717) is 76.8 Å². The van der Waals surface area contributed by atoms with Gasteiger partial charge in [-0.1, -0.05) is 78.3 Å². The number of Topliss-reactive ketones (excluding diaryl/α,β-unsaturated/α-hetero) is 4. The number of fused-ring (bicyclic) bond motifs is 12. The van der Waals surface area contributed by atoms with E-state index in [1.54, 1.807) is 69.6 Å². The highest BCUT2D eigenvalue weighted by molar-refractivity contribution is 7.91. The van der Waals surface area contributed by atoms with Gasteiger partial charge in [-0.2, -0.15) is 8.78 Å². The molecule has 9 heterocycles. The van der Waals surface area contributed by atoms with Gasteiger partial charge in [-0.3, -0.25) is 29.1 Å². The Morgan fingerprint density at radius 3 is 1.08 bits per heavy atom. The van der Waals surface area contributed by atoms with E-state index in [-0.39, 0.29) is 97.1 Å². The molecule has 0 spiro atoms. The third-order valence-electron chi connectivity index (χ3n) is 24.4. The summed E-state index contributed by atoms with van der Waals surface area (Å²) in [5.74, 6) is 0.134. The van der Waals surface area contributed by atoms with E-state index in [9.17, 15) is 61.6 Å². The highest BCUT2D eigenvalue weighted by Crippen LogP contribution is 2.50. The number of aryl methyl sites for hydroxylation is 4. The van der Waals surface area contributed by atoms with Crippen LogP contribution in [0.1, 0.15) is 181 Å². The summed E-state index contributed by atoms with van der Waals surface area (Å²) in [5.41, 5.74) is 30.9. The minimum atomic E-state index is -3.70. The summed E-state index contributed by atoms with van der Waals surface area (Å²) < 4.78 is 149. The highest BCUT2D eigenvalue weighted by atomic mass is 35.5. The van der Waals surface area contributed by atoms with E-state index >= 15 is 0 Å². The second-order valence-corrected chi connectivity index (χ2v) is 41.4. The molecule has 4 aromatic heterocycles. The van der Waals surface area contributed by atoms with Gasteiger partial charge in [-0.05, 0) is 208 Å². The molecule has 656 valence electrons. The molecule has 0 saturated heterocycles. The minimum Gasteiger partial charge on any atom is -0.495 e. The number of benzene rings is 4. The number of sulfonamides is 4. The average molecular weight is 1800 g/mol. The van der Waals surface area contributed by atoms with Crippen LogP contribution in [0.5, 0.6) is 17.2 Å². The number of methoxy groups -OCH3 is 1. The largest absolute Gasteiger partial charge is 0.495 e. The number of nitrogens with zero attached hydrogens (tertiary/aromatic N) is 12. The predicted octanol–water partition coefficient (Wildman–Crippen LogP) is 9.09. The van der Waals surface area contributed by atoms with Crippen LogP contribution >= 0.6 is 11.6 Å². The number of guanidine groups is 4. The maximum Gasteiger partial charge on any atom is 0.387 e. The van der Waals surface area contributed by atoms with Crippen molar-refractivity contribution in [1.82, 2.24) is 37.2 Å². The zero-order valence-corrected chi connectivity index (χ0v) is 73.9. The van der Waals surface area contributed by atoms with E-state index in [2.05, 4.69) is 44.6 Å². The molecule has 0 saturated carbocycles. The number of ketones is 4. The van der Waals surface area contributed by atoms with Crippen molar-refractivity contribution in [1.29, 1.82) is 0 Å². The zero-order chi connectivity index (χ0) is 89.7. The molecular formula is C86H97ClF2N16O15S4. The van der Waals surface area contributed by atoms with Crippen LogP contribution in [-0.2, 0) is 107 Å². The van der Waals surface area contributed by atoms with Crippen LogP contribution in [0, 0.1) is 6.92 Å². The quantitative estimate of drug-likeness (QED) is 0.0695. The molecule has 0 bridgehead atoms. The van der Waals surface area contributed by atoms with Gasteiger partial charge in [0.2, 0.25) is 63.9 Å². The Bertz CT molecular complexity index is 5980. The summed E-state index contributed by atoms with van der Waals surface area (Å²) in [4.78, 5) is 85.6. The van der Waals surface area contributed by atoms with Gasteiger partial charge >= 0.3 is 6.61 Å². The fraction of sp³-hybridized carbons (Fsp3) is 0.395. The first-order valence-corrected chi connectivity index (χ1v) is 46.4. The number of carbonyl (C=O) groups excluding carboxylic acids is 4. The third-order valence-corrected chi connectivity index (χ3v) is 34.1. The van der Waals surface area contributed by atoms with Gasteiger partial charge in [0.05, 0.1) is 31.1 Å². The van der Waals surface area contributed by atoms with E-state index in [0.717, 1.165) is 105 Å². The Labute approximate surface area is 724 Å². The number of ether oxygens (including phenoxy) is 3. The number of halogens is 3. The Hall–Kier alpha value is -11.4. The first-order chi connectivity index (χ1) is 58.4. The standard InChI is InChI=1S/C22H24F2N4O4S.C22H26N4O4S.C21H23ClN4O3S.C21H24N4O4S/c1-22-16-10-13(11-18(29)17-9-8-15(12-26-17)32-20(23)24)6-7-14(16)4-3-5-19(22)33(30,31)28(2)21(25)27-22;1-22-17-11-14(12-19(27)18-10-9-16(30-3)13-24-18)7-8-15(17)5-4-6-20(22)31(28,29)26(2)21(23)25-22;1-21-16-10-13(11-18(27)17-9-8-15(22)12-24-17)6-7-14(16)4-3-5-19(21)30(28,29)26(2)20(23)25-21;1-13-4-6-16(23-12-13)17(26)11-14-5-7-18-15(10-14)21(2)19(8-9-29-18)30(27,28)25(3)20(22)24-21/h6-10,12,19-20H,3-5,11H2,1-2H3,(H2,25,27);7-11,13,20H,4-6,12H2,1-3H3,(H2,23,25);6-10,12,19H,3-5,11H2,1-2H3,(H2,23,25);4-7,10,12,19H,8-9,11H2,1-3H3,(H2,22,24)/t19-,22+;20-,22+;2*19-,21+/m0000/s1. The first-order valence-electron chi connectivity index (χ1n) is 40.0. The Balaban J connectivity index is 0.000000142. The fourth-order valence-corrected chi connectivity index (χ4v) is 25.1. The highest BCUT2D eigenvalue weighted by Gasteiger charge is 2.56. The number of nitrogens with two attached hydrogens (primary N) is 4. The lowest BCUT2D eigenvalue weighted by Crippen LogP contribution is -2.56. The van der Waals surface area contributed by atoms with Gasteiger partial charge in [0, 0.05) is 78.3 Å². The molecule has 3 aliphatic carbocycles. The summed E-state index contributed by atoms with van der Waals surface area (Å²) in [6.45, 7) is 6.37. The first kappa shape index (κ1) is 90.3. The average Bonchev–Trinajstić information content (AvgIpc) is 1.32. The molecule has 31 nitrogen and oxygen atoms in total. The van der Waals surface area contributed by atoms with Gasteiger partial charge in [0.15, 0.2) is 23.1 Å². The maximum absolute atomic E-state index is 13.1. The summed E-state index contributed by atoms with van der Waals surface area (Å²) in [6, 6.07) is 35.2. The van der Waals surface area contributed by atoms with Crippen LogP contribution in [0.15, 0.2) is 166 Å². The van der Waals surface area contributed by atoms with Crippen LogP contribution in [-0.4, -0.2) is 187 Å². The molecule has 0 unspecified atom stereocenters. The third kappa shape index (κ3) is 17.6. The summed E-state index contributed by atoms with van der Waals surface area (Å²) in [7, 11) is -7.42. The molecular weight excluding hydrogens is 1700 g/mol. The number of hydrogen-bond acceptors (Lipinski definition) is 27. The van der Waals surface area contributed by atoms with Crippen molar-refractivity contribution >= 4 is 98.7 Å². The summed E-state index contributed by atoms with van der Waals surface area (Å²) in [5, 5.41) is -2.51. The lowest BCUT2D eigenvalue weighted by atomic mass is 9.84. The fourth-order valence-electron chi connectivity index (χ4n) is 17.5. The topological polar surface area (TPSA) is 451 Å². The van der Waals surface area contributed by atoms with Gasteiger partial charge in [-0.25, -0.2) is 80.8 Å². The SMILES string of the molecule is CN1C(N)=N[C@]2(C)c3cc(CC(=O)c4ccc(Cl)cn4)ccc3CCC[C@@H]2S1(=O)=O.CN1C(N)=N[C@]2(C)c3cc(CC(=O)c4ccc(OC(F)F)cn4)ccc3CCC[C@@H]2S1(=O)=O.COc1ccc(C(=O)Cc2ccc3c(c2)[C@@]2(C)N=C(N)N(C)S(=O)(=O)[C@H]2CCC3)nc1.Cc1ccc(C(=O)Cc2ccc3c(c2)[C@@]2(C)N=C(N)N(C)S(=O)(=O)[C@H]2CCO3)nc1. The van der Waals surface area contributed by atoms with Gasteiger partial charge < -0.3 is 37.1 Å². The number of aromatic nitrogens is 4. The Morgan fingerprint density at radius 2 is 0.758 bits per heavy atom. The molecule has 38 heteroatoms. The molecule has 4 aromatic carbocycles. The molecule has 124 heavy (non-hydrogen) atoms.